The number of benzene rings is 1. The Morgan fingerprint density at radius 2 is 2.16 bits per heavy atom. The number of nitrogens with one attached hydrogen (secondary N) is 1. The molecule has 2 rings (SSSR count). The summed E-state index contributed by atoms with van der Waals surface area (Å²) < 4.78 is 2.88. The van der Waals surface area contributed by atoms with Crippen LogP contribution < -0.4 is 0 Å². The number of halogens is 1. The van der Waals surface area contributed by atoms with Crippen LogP contribution in [0.25, 0.3) is 11.0 Å². The molecule has 5 heteroatoms. The Bertz CT molecular complexity index is 615. The first-order valence-corrected chi connectivity index (χ1v) is 7.36. The van der Waals surface area contributed by atoms with Crippen LogP contribution in [-0.4, -0.2) is 34.1 Å². The number of fused-ring (bicyclic) bond motifs is 1. The minimum absolute atomic E-state index is 0.574. The van der Waals surface area contributed by atoms with Crippen molar-refractivity contribution in [1.82, 2.24) is 14.5 Å². The lowest BCUT2D eigenvalue weighted by Crippen LogP contribution is -2.27. The molecule has 0 aliphatic carbocycles. The third-order valence-corrected chi connectivity index (χ3v) is 4.17. The molecule has 1 heterocycles. The van der Waals surface area contributed by atoms with Crippen LogP contribution in [0.15, 0.2) is 18.2 Å². The SMILES string of the molecule is CC(C)N(C)CCCn1c(=S)[nH]c2c(Cl)cccc21. The van der Waals surface area contributed by atoms with Crippen molar-refractivity contribution in [2.24, 2.45) is 0 Å². The van der Waals surface area contributed by atoms with Gasteiger partial charge in [-0.25, -0.2) is 0 Å². The highest BCUT2D eigenvalue weighted by Gasteiger charge is 2.08. The van der Waals surface area contributed by atoms with Gasteiger partial charge in [0.1, 0.15) is 0 Å². The summed E-state index contributed by atoms with van der Waals surface area (Å²) in [5.41, 5.74) is 2.02. The van der Waals surface area contributed by atoms with Gasteiger partial charge in [0.05, 0.1) is 16.1 Å². The average Bonchev–Trinajstić information content (AvgIpc) is 2.68. The maximum atomic E-state index is 6.17. The second-order valence-electron chi connectivity index (χ2n) is 5.14. The molecule has 2 aromatic rings. The number of hydrogen-bond acceptors (Lipinski definition) is 2. The average molecular weight is 298 g/mol. The third kappa shape index (κ3) is 3.19. The molecule has 104 valence electrons. The van der Waals surface area contributed by atoms with E-state index in [0.29, 0.717) is 6.04 Å². The molecule has 1 aromatic heterocycles. The molecule has 0 spiro atoms. The topological polar surface area (TPSA) is 24.0 Å². The van der Waals surface area contributed by atoms with Gasteiger partial charge in [-0.05, 0) is 58.2 Å². The van der Waals surface area contributed by atoms with Crippen LogP contribution in [0.1, 0.15) is 20.3 Å². The zero-order valence-corrected chi connectivity index (χ0v) is 13.2. The molecular weight excluding hydrogens is 278 g/mol. The molecule has 1 N–H and O–H groups in total. The summed E-state index contributed by atoms with van der Waals surface area (Å²) in [6.45, 7) is 6.39. The predicted molar refractivity (Wildman–Crippen MR) is 84.5 cm³/mol. The van der Waals surface area contributed by atoms with E-state index in [1.807, 2.05) is 12.1 Å². The van der Waals surface area contributed by atoms with Gasteiger partial charge >= 0.3 is 0 Å². The number of imidazole rings is 1. The Morgan fingerprint density at radius 3 is 2.84 bits per heavy atom. The second kappa shape index (κ2) is 6.07. The Hall–Kier alpha value is -0.840. The van der Waals surface area contributed by atoms with Gasteiger partial charge in [0.15, 0.2) is 4.77 Å². The number of aromatic nitrogens is 2. The lowest BCUT2D eigenvalue weighted by atomic mass is 10.3. The van der Waals surface area contributed by atoms with Crippen LogP contribution in [0.5, 0.6) is 0 Å². The first kappa shape index (κ1) is 14.6. The van der Waals surface area contributed by atoms with Crippen LogP contribution in [0, 0.1) is 4.77 Å². The van der Waals surface area contributed by atoms with Crippen molar-refractivity contribution in [3.05, 3.63) is 28.0 Å². The smallest absolute Gasteiger partial charge is 0.178 e. The van der Waals surface area contributed by atoms with E-state index in [9.17, 15) is 0 Å². The summed E-state index contributed by atoms with van der Waals surface area (Å²) in [6, 6.07) is 6.47. The highest BCUT2D eigenvalue weighted by atomic mass is 35.5. The molecular formula is C14H20ClN3S. The van der Waals surface area contributed by atoms with E-state index in [2.05, 4.69) is 41.4 Å². The fraction of sp³-hybridized carbons (Fsp3) is 0.500. The van der Waals surface area contributed by atoms with Crippen LogP contribution in [0.3, 0.4) is 0 Å². The highest BCUT2D eigenvalue weighted by Crippen LogP contribution is 2.22. The van der Waals surface area contributed by atoms with E-state index in [-0.39, 0.29) is 0 Å². The van der Waals surface area contributed by atoms with Crippen molar-refractivity contribution in [2.45, 2.75) is 32.9 Å². The predicted octanol–water partition coefficient (Wildman–Crippen LogP) is 4.08. The number of para-hydroxylation sites is 1. The Morgan fingerprint density at radius 1 is 1.42 bits per heavy atom. The van der Waals surface area contributed by atoms with E-state index in [1.165, 1.54) is 0 Å². The maximum absolute atomic E-state index is 6.17. The van der Waals surface area contributed by atoms with Crippen LogP contribution in [-0.2, 0) is 6.54 Å². The van der Waals surface area contributed by atoms with E-state index < -0.39 is 0 Å². The van der Waals surface area contributed by atoms with Crippen molar-refractivity contribution in [2.75, 3.05) is 13.6 Å². The molecule has 0 radical (unpaired) electrons. The zero-order chi connectivity index (χ0) is 14.0. The standard InChI is InChI=1S/C14H20ClN3S/c1-10(2)17(3)8-5-9-18-12-7-4-6-11(15)13(12)16-14(18)19/h4,6-7,10H,5,8-9H2,1-3H3,(H,16,19). The van der Waals surface area contributed by atoms with Crippen molar-refractivity contribution in [1.29, 1.82) is 0 Å². The second-order valence-corrected chi connectivity index (χ2v) is 5.94. The molecule has 3 nitrogen and oxygen atoms in total. The number of aryl methyl sites for hydroxylation is 1. The fourth-order valence-electron chi connectivity index (χ4n) is 2.10. The van der Waals surface area contributed by atoms with Crippen LogP contribution in [0.4, 0.5) is 0 Å². The number of nitrogens with zero attached hydrogens (tertiary/aromatic N) is 2. The summed E-state index contributed by atoms with van der Waals surface area (Å²) in [6.07, 6.45) is 1.07. The van der Waals surface area contributed by atoms with Gasteiger partial charge in [0.2, 0.25) is 0 Å². The van der Waals surface area contributed by atoms with E-state index in [1.54, 1.807) is 0 Å². The normalized spacial score (nSPS) is 11.9. The first-order chi connectivity index (χ1) is 9.00. The van der Waals surface area contributed by atoms with Crippen molar-refractivity contribution in [3.8, 4) is 0 Å². The summed E-state index contributed by atoms with van der Waals surface area (Å²) in [5, 5.41) is 0.724. The number of hydrogen-bond donors (Lipinski definition) is 1. The zero-order valence-electron chi connectivity index (χ0n) is 11.6. The molecule has 0 amide bonds. The number of rotatable bonds is 5. The molecule has 1 aromatic carbocycles. The van der Waals surface area contributed by atoms with Crippen molar-refractivity contribution in [3.63, 3.8) is 0 Å². The van der Waals surface area contributed by atoms with Crippen LogP contribution >= 0.6 is 23.8 Å². The Kier molecular flexibility index (Phi) is 4.66. The summed E-state index contributed by atoms with van der Waals surface area (Å²) >= 11 is 11.5. The maximum Gasteiger partial charge on any atom is 0.178 e. The van der Waals surface area contributed by atoms with Crippen molar-refractivity contribution >= 4 is 34.9 Å². The molecule has 19 heavy (non-hydrogen) atoms. The summed E-state index contributed by atoms with van der Waals surface area (Å²) in [5.74, 6) is 0. The molecule has 0 unspecified atom stereocenters. The van der Waals surface area contributed by atoms with Gasteiger partial charge in [-0.3, -0.25) is 0 Å². The minimum Gasteiger partial charge on any atom is -0.329 e. The number of H-pyrrole nitrogens is 1. The fourth-order valence-corrected chi connectivity index (χ4v) is 2.61. The van der Waals surface area contributed by atoms with Crippen molar-refractivity contribution < 1.29 is 0 Å². The van der Waals surface area contributed by atoms with E-state index in [4.69, 9.17) is 23.8 Å². The van der Waals surface area contributed by atoms with Gasteiger partial charge in [-0.15, -0.1) is 0 Å². The molecule has 0 saturated heterocycles. The van der Waals surface area contributed by atoms with Gasteiger partial charge in [0.25, 0.3) is 0 Å². The quantitative estimate of drug-likeness (QED) is 0.841. The lowest BCUT2D eigenvalue weighted by molar-refractivity contribution is 0.266. The first-order valence-electron chi connectivity index (χ1n) is 6.58. The Labute approximate surface area is 124 Å². The molecule has 0 aliphatic heterocycles. The summed E-state index contributed by atoms with van der Waals surface area (Å²) in [4.78, 5) is 5.53. The van der Waals surface area contributed by atoms with Crippen LogP contribution in [0.2, 0.25) is 5.02 Å². The molecule has 0 atom stereocenters. The van der Waals surface area contributed by atoms with E-state index in [0.717, 1.165) is 40.3 Å². The molecule has 0 aliphatic rings. The lowest BCUT2D eigenvalue weighted by Gasteiger charge is -2.20. The molecule has 0 saturated carbocycles. The monoisotopic (exact) mass is 297 g/mol. The Balaban J connectivity index is 2.15. The number of aromatic amines is 1. The highest BCUT2D eigenvalue weighted by molar-refractivity contribution is 7.71. The summed E-state index contributed by atoms with van der Waals surface area (Å²) in [7, 11) is 2.15. The van der Waals surface area contributed by atoms with E-state index >= 15 is 0 Å². The third-order valence-electron chi connectivity index (χ3n) is 3.53. The van der Waals surface area contributed by atoms with Gasteiger partial charge < -0.3 is 14.5 Å². The van der Waals surface area contributed by atoms with Gasteiger partial charge in [0, 0.05) is 12.6 Å². The van der Waals surface area contributed by atoms with Gasteiger partial charge in [-0.2, -0.15) is 0 Å². The largest absolute Gasteiger partial charge is 0.329 e. The minimum atomic E-state index is 0.574. The molecule has 0 fully saturated rings. The van der Waals surface area contributed by atoms with Gasteiger partial charge in [-0.1, -0.05) is 17.7 Å². The molecule has 0 bridgehead atoms.